The third-order valence-electron chi connectivity index (χ3n) is 2.67. The fourth-order valence-corrected chi connectivity index (χ4v) is 2.14. The Morgan fingerprint density at radius 2 is 1.83 bits per heavy atom. The van der Waals surface area contributed by atoms with Crippen LogP contribution in [0.25, 0.3) is 0 Å². The highest BCUT2D eigenvalue weighted by Gasteiger charge is 2.32. The number of amides is 1. The lowest BCUT2D eigenvalue weighted by molar-refractivity contribution is -0.137. The average Bonchev–Trinajstić information content (AvgIpc) is 2.35. The van der Waals surface area contributed by atoms with Crippen LogP contribution in [0.5, 0.6) is 0 Å². The largest absolute Gasteiger partial charge is 0.591 e. The number of alkyl halides is 3. The van der Waals surface area contributed by atoms with Gasteiger partial charge < -0.3 is 9.66 Å². The normalized spacial score (nSPS) is 14.5. The van der Waals surface area contributed by atoms with Crippen molar-refractivity contribution in [3.63, 3.8) is 0 Å². The summed E-state index contributed by atoms with van der Waals surface area (Å²) < 4.78 is 54.0. The first-order chi connectivity index (χ1) is 10.3. The second-order valence-electron chi connectivity index (χ2n) is 5.77. The van der Waals surface area contributed by atoms with Crippen molar-refractivity contribution in [2.45, 2.75) is 38.6 Å². The van der Waals surface area contributed by atoms with Crippen LogP contribution in [0.3, 0.4) is 0 Å². The molecule has 1 amide bonds. The van der Waals surface area contributed by atoms with Gasteiger partial charge in [-0.2, -0.15) is 13.2 Å². The van der Waals surface area contributed by atoms with E-state index in [-0.39, 0.29) is 17.0 Å². The molecule has 0 saturated carbocycles. The number of rotatable bonds is 3. The SMILES string of the molecule is C/C(=N\[S@@+]([O-])C(C)(C)C)c1cc(NC(=O)O)cc(C(F)(F)F)c1. The fraction of sp³-hybridized carbons (Fsp3) is 0.429. The first kappa shape index (κ1) is 19.3. The van der Waals surface area contributed by atoms with Crippen LogP contribution < -0.4 is 5.32 Å². The average molecular weight is 350 g/mol. The lowest BCUT2D eigenvalue weighted by atomic mass is 10.1. The van der Waals surface area contributed by atoms with Crippen molar-refractivity contribution in [2.24, 2.45) is 4.40 Å². The molecule has 0 aromatic heterocycles. The van der Waals surface area contributed by atoms with E-state index in [1.54, 1.807) is 20.8 Å². The Bertz CT molecular complexity index is 625. The van der Waals surface area contributed by atoms with E-state index in [1.165, 1.54) is 13.0 Å². The first-order valence-electron chi connectivity index (χ1n) is 6.50. The zero-order chi connectivity index (χ0) is 18.0. The molecule has 5 nitrogen and oxygen atoms in total. The molecule has 1 aromatic rings. The predicted octanol–water partition coefficient (Wildman–Crippen LogP) is 4.07. The molecule has 2 N–H and O–H groups in total. The van der Waals surface area contributed by atoms with Gasteiger partial charge in [-0.3, -0.25) is 5.32 Å². The molecule has 0 aliphatic rings. The van der Waals surface area contributed by atoms with Gasteiger partial charge in [0.05, 0.1) is 11.3 Å². The third kappa shape index (κ3) is 5.76. The smallest absolute Gasteiger partial charge is 0.416 e. The number of nitrogens with one attached hydrogen (secondary N) is 1. The monoisotopic (exact) mass is 350 g/mol. The number of carboxylic acid groups (broad SMARTS) is 1. The van der Waals surface area contributed by atoms with Crippen molar-refractivity contribution in [2.75, 3.05) is 5.32 Å². The minimum Gasteiger partial charge on any atom is -0.591 e. The second-order valence-corrected chi connectivity index (χ2v) is 7.67. The summed E-state index contributed by atoms with van der Waals surface area (Å²) in [4.78, 5) is 10.6. The van der Waals surface area contributed by atoms with E-state index in [0.717, 1.165) is 6.07 Å². The van der Waals surface area contributed by atoms with Crippen LogP contribution in [0.4, 0.5) is 23.7 Å². The minimum atomic E-state index is -4.64. The molecule has 0 radical (unpaired) electrons. The number of hydrogen-bond acceptors (Lipinski definition) is 3. The van der Waals surface area contributed by atoms with Crippen LogP contribution in [0.15, 0.2) is 22.6 Å². The van der Waals surface area contributed by atoms with Crippen LogP contribution in [0, 0.1) is 0 Å². The maximum absolute atomic E-state index is 12.9. The van der Waals surface area contributed by atoms with E-state index in [4.69, 9.17) is 5.11 Å². The molecule has 128 valence electrons. The van der Waals surface area contributed by atoms with Gasteiger partial charge in [-0.1, -0.05) is 4.40 Å². The summed E-state index contributed by atoms with van der Waals surface area (Å²) in [5, 5.41) is 10.6. The summed E-state index contributed by atoms with van der Waals surface area (Å²) in [5.41, 5.74) is -1.09. The van der Waals surface area contributed by atoms with E-state index in [9.17, 15) is 22.5 Å². The van der Waals surface area contributed by atoms with Gasteiger partial charge in [0.25, 0.3) is 0 Å². The number of anilines is 1. The number of benzene rings is 1. The van der Waals surface area contributed by atoms with Crippen molar-refractivity contribution < 1.29 is 27.6 Å². The molecule has 0 aliphatic carbocycles. The zero-order valence-corrected chi connectivity index (χ0v) is 13.8. The summed E-state index contributed by atoms with van der Waals surface area (Å²) in [5.74, 6) is 0. The maximum Gasteiger partial charge on any atom is 0.416 e. The van der Waals surface area contributed by atoms with Crippen molar-refractivity contribution in [3.05, 3.63) is 29.3 Å². The van der Waals surface area contributed by atoms with Gasteiger partial charge in [-0.15, -0.1) is 0 Å². The molecule has 1 atom stereocenters. The van der Waals surface area contributed by atoms with Gasteiger partial charge in [0.2, 0.25) is 0 Å². The summed E-state index contributed by atoms with van der Waals surface area (Å²) in [7, 11) is 0. The Kier molecular flexibility index (Phi) is 5.70. The second kappa shape index (κ2) is 6.79. The number of carbonyl (C=O) groups is 1. The lowest BCUT2D eigenvalue weighted by Crippen LogP contribution is -2.26. The predicted molar refractivity (Wildman–Crippen MR) is 83.2 cm³/mol. The van der Waals surface area contributed by atoms with E-state index >= 15 is 0 Å². The van der Waals surface area contributed by atoms with Crippen LogP contribution >= 0.6 is 0 Å². The summed E-state index contributed by atoms with van der Waals surface area (Å²) in [6.07, 6.45) is -6.13. The molecule has 0 bridgehead atoms. The summed E-state index contributed by atoms with van der Waals surface area (Å²) in [6, 6.07) is 2.74. The van der Waals surface area contributed by atoms with E-state index in [1.807, 2.05) is 5.32 Å². The number of nitrogens with zero attached hydrogens (tertiary/aromatic N) is 1. The quantitative estimate of drug-likeness (QED) is 0.637. The van der Waals surface area contributed by atoms with Gasteiger partial charge in [0.1, 0.15) is 16.1 Å². The molecule has 23 heavy (non-hydrogen) atoms. The molecule has 0 aliphatic heterocycles. The highest BCUT2D eigenvalue weighted by molar-refractivity contribution is 7.91. The Labute approximate surface area is 134 Å². The van der Waals surface area contributed by atoms with Crippen molar-refractivity contribution in [3.8, 4) is 0 Å². The molecule has 1 aromatic carbocycles. The van der Waals surface area contributed by atoms with Crippen molar-refractivity contribution in [1.29, 1.82) is 0 Å². The molecular formula is C14H17F3N2O3S. The van der Waals surface area contributed by atoms with Crippen molar-refractivity contribution in [1.82, 2.24) is 0 Å². The molecule has 0 unspecified atom stereocenters. The number of hydrogen-bond donors (Lipinski definition) is 2. The lowest BCUT2D eigenvalue weighted by Gasteiger charge is -2.19. The highest BCUT2D eigenvalue weighted by Crippen LogP contribution is 2.32. The Morgan fingerprint density at radius 3 is 2.26 bits per heavy atom. The van der Waals surface area contributed by atoms with Gasteiger partial charge in [-0.25, -0.2) is 4.79 Å². The summed E-state index contributed by atoms with van der Waals surface area (Å²) in [6.45, 7) is 6.47. The molecule has 0 saturated heterocycles. The summed E-state index contributed by atoms with van der Waals surface area (Å²) >= 11 is -1.64. The van der Waals surface area contributed by atoms with E-state index in [0.29, 0.717) is 6.07 Å². The molecule has 9 heteroatoms. The first-order valence-corrected chi connectivity index (χ1v) is 7.61. The number of halogens is 3. The minimum absolute atomic E-state index is 0.0428. The Morgan fingerprint density at radius 1 is 1.26 bits per heavy atom. The van der Waals surface area contributed by atoms with Gasteiger partial charge in [0, 0.05) is 11.3 Å². The molecule has 0 heterocycles. The van der Waals surface area contributed by atoms with Crippen LogP contribution in [-0.4, -0.2) is 26.2 Å². The topological polar surface area (TPSA) is 84.8 Å². The Balaban J connectivity index is 3.34. The molecule has 1 rings (SSSR count). The molecule has 0 spiro atoms. The van der Waals surface area contributed by atoms with Crippen LogP contribution in [-0.2, 0) is 17.5 Å². The molecule has 0 fully saturated rings. The van der Waals surface area contributed by atoms with E-state index < -0.39 is 33.9 Å². The van der Waals surface area contributed by atoms with Gasteiger partial charge in [0.15, 0.2) is 0 Å². The third-order valence-corrected chi connectivity index (χ3v) is 4.16. The van der Waals surface area contributed by atoms with Crippen LogP contribution in [0.2, 0.25) is 0 Å². The van der Waals surface area contributed by atoms with Crippen LogP contribution in [0.1, 0.15) is 38.8 Å². The Hall–Kier alpha value is -1.74. The maximum atomic E-state index is 12.9. The van der Waals surface area contributed by atoms with Crippen molar-refractivity contribution >= 4 is 28.9 Å². The fourth-order valence-electron chi connectivity index (χ4n) is 1.51. The van der Waals surface area contributed by atoms with Gasteiger partial charge in [-0.05, 0) is 45.9 Å². The zero-order valence-electron chi connectivity index (χ0n) is 13.0. The van der Waals surface area contributed by atoms with E-state index in [2.05, 4.69) is 4.40 Å². The highest BCUT2D eigenvalue weighted by atomic mass is 32.2. The molecular weight excluding hydrogens is 333 g/mol. The standard InChI is InChI=1S/C14H17F3N2O3S/c1-8(19-23(22)13(2,3)4)9-5-10(14(15,16)17)7-11(6-9)18-12(20)21/h5-7,18H,1-4H3,(H,20,21)/b19-8+/t23-/m0/s1. The van der Waals surface area contributed by atoms with Gasteiger partial charge >= 0.3 is 12.3 Å².